The van der Waals surface area contributed by atoms with Crippen LogP contribution in [0.5, 0.6) is 0 Å². The molecule has 4 heterocycles. The summed E-state index contributed by atoms with van der Waals surface area (Å²) in [5.74, 6) is 0.177. The molecular formula is C23H26F3N7O. The Morgan fingerprint density at radius 2 is 2.09 bits per heavy atom. The number of halogens is 3. The molecule has 1 fully saturated rings. The zero-order valence-electron chi connectivity index (χ0n) is 18.9. The maximum absolute atomic E-state index is 13.9. The van der Waals surface area contributed by atoms with Crippen molar-refractivity contribution >= 4 is 28.6 Å². The van der Waals surface area contributed by atoms with E-state index in [1.165, 1.54) is 0 Å². The van der Waals surface area contributed by atoms with Crippen LogP contribution in [0.3, 0.4) is 0 Å². The maximum Gasteiger partial charge on any atom is 0.419 e. The number of fused-ring (bicyclic) bond motifs is 1. The third kappa shape index (κ3) is 4.52. The highest BCUT2D eigenvalue weighted by atomic mass is 19.4. The van der Waals surface area contributed by atoms with Gasteiger partial charge in [-0.1, -0.05) is 12.1 Å². The fraction of sp³-hybridized carbons (Fsp3) is 0.435. The molecule has 2 aromatic heterocycles. The molecule has 0 saturated carbocycles. The van der Waals surface area contributed by atoms with E-state index in [2.05, 4.69) is 35.9 Å². The van der Waals surface area contributed by atoms with Gasteiger partial charge >= 0.3 is 6.18 Å². The maximum atomic E-state index is 13.9. The number of para-hydroxylation sites is 1. The first-order valence-electron chi connectivity index (χ1n) is 11.2. The fourth-order valence-electron chi connectivity index (χ4n) is 4.24. The van der Waals surface area contributed by atoms with Crippen LogP contribution in [0.4, 0.5) is 24.8 Å². The molecule has 1 aromatic carbocycles. The minimum absolute atomic E-state index is 0.0635. The highest BCUT2D eigenvalue weighted by Gasteiger charge is 2.36. The number of rotatable bonds is 4. The highest BCUT2D eigenvalue weighted by molar-refractivity contribution is 6.05. The predicted octanol–water partition coefficient (Wildman–Crippen LogP) is 4.38. The van der Waals surface area contributed by atoms with E-state index >= 15 is 0 Å². The third-order valence-electron chi connectivity index (χ3n) is 5.90. The van der Waals surface area contributed by atoms with Crippen molar-refractivity contribution in [2.24, 2.45) is 4.99 Å². The zero-order valence-corrected chi connectivity index (χ0v) is 18.9. The van der Waals surface area contributed by atoms with Gasteiger partial charge in [-0.25, -0.2) is 15.0 Å². The summed E-state index contributed by atoms with van der Waals surface area (Å²) in [6.45, 7) is 6.00. The van der Waals surface area contributed by atoms with E-state index in [9.17, 15) is 13.2 Å². The summed E-state index contributed by atoms with van der Waals surface area (Å²) in [6, 6.07) is 5.78. The Balaban J connectivity index is 1.53. The molecule has 2 aliphatic heterocycles. The average molecular weight is 474 g/mol. The number of hydrogen-bond donors (Lipinski definition) is 4. The number of anilines is 2. The van der Waals surface area contributed by atoms with Crippen molar-refractivity contribution < 1.29 is 17.9 Å². The SMILES string of the molecule is CC1(C)COC(Nc2cccc3c(-c4nc(N[C@H]5CCCNC5)ncc4C(F)(F)F)c[nH]c23)=N1. The van der Waals surface area contributed by atoms with E-state index in [1.807, 2.05) is 19.9 Å². The van der Waals surface area contributed by atoms with Gasteiger partial charge in [0, 0.05) is 35.9 Å². The van der Waals surface area contributed by atoms with Crippen molar-refractivity contribution in [2.45, 2.75) is 44.4 Å². The molecule has 34 heavy (non-hydrogen) atoms. The highest BCUT2D eigenvalue weighted by Crippen LogP contribution is 2.40. The van der Waals surface area contributed by atoms with Crippen LogP contribution >= 0.6 is 0 Å². The number of amidine groups is 1. The van der Waals surface area contributed by atoms with Crippen molar-refractivity contribution in [3.8, 4) is 11.3 Å². The second-order valence-electron chi connectivity index (χ2n) is 9.21. The summed E-state index contributed by atoms with van der Waals surface area (Å²) in [4.78, 5) is 15.9. The van der Waals surface area contributed by atoms with Crippen molar-refractivity contribution in [1.29, 1.82) is 0 Å². The molecule has 0 bridgehead atoms. The Morgan fingerprint density at radius 3 is 2.79 bits per heavy atom. The Morgan fingerprint density at radius 1 is 1.24 bits per heavy atom. The molecule has 8 nitrogen and oxygen atoms in total. The van der Waals surface area contributed by atoms with E-state index in [0.29, 0.717) is 41.3 Å². The third-order valence-corrected chi connectivity index (χ3v) is 5.90. The summed E-state index contributed by atoms with van der Waals surface area (Å²) in [7, 11) is 0. The minimum atomic E-state index is -4.60. The summed E-state index contributed by atoms with van der Waals surface area (Å²) in [5, 5.41) is 10.2. The summed E-state index contributed by atoms with van der Waals surface area (Å²) < 4.78 is 47.3. The van der Waals surface area contributed by atoms with E-state index in [1.54, 1.807) is 18.3 Å². The van der Waals surface area contributed by atoms with Gasteiger partial charge in [0.25, 0.3) is 6.02 Å². The Labute approximate surface area is 194 Å². The second kappa shape index (κ2) is 8.46. The van der Waals surface area contributed by atoms with Gasteiger partial charge in [-0.05, 0) is 39.3 Å². The van der Waals surface area contributed by atoms with Crippen LogP contribution in [0.25, 0.3) is 22.2 Å². The quantitative estimate of drug-likeness (QED) is 0.449. The molecular weight excluding hydrogens is 447 g/mol. The van der Waals surface area contributed by atoms with Gasteiger partial charge in [-0.2, -0.15) is 13.2 Å². The first kappa shape index (κ1) is 22.5. The zero-order chi connectivity index (χ0) is 23.9. The minimum Gasteiger partial charge on any atom is -0.462 e. The molecule has 5 rings (SSSR count). The molecule has 0 unspecified atom stereocenters. The normalized spacial score (nSPS) is 20.1. The second-order valence-corrected chi connectivity index (χ2v) is 9.21. The summed E-state index contributed by atoms with van der Waals surface area (Å²) in [6.07, 6.45) is -0.323. The first-order chi connectivity index (χ1) is 16.2. The topological polar surface area (TPSA) is 99.2 Å². The lowest BCUT2D eigenvalue weighted by molar-refractivity contribution is -0.137. The van der Waals surface area contributed by atoms with Crippen LogP contribution in [0, 0.1) is 0 Å². The van der Waals surface area contributed by atoms with Crippen LogP contribution in [0.1, 0.15) is 32.3 Å². The Bertz CT molecular complexity index is 1230. The molecule has 3 aromatic rings. The van der Waals surface area contributed by atoms with Gasteiger partial charge in [0.05, 0.1) is 22.4 Å². The molecule has 1 saturated heterocycles. The monoisotopic (exact) mass is 473 g/mol. The number of benzene rings is 1. The summed E-state index contributed by atoms with van der Waals surface area (Å²) in [5.41, 5.74) is 0.224. The smallest absolute Gasteiger partial charge is 0.419 e. The lowest BCUT2D eigenvalue weighted by atomic mass is 10.0. The lowest BCUT2D eigenvalue weighted by Crippen LogP contribution is -2.38. The van der Waals surface area contributed by atoms with Gasteiger partial charge in [0.15, 0.2) is 0 Å². The molecule has 2 aliphatic rings. The Hall–Kier alpha value is -3.34. The predicted molar refractivity (Wildman–Crippen MR) is 125 cm³/mol. The van der Waals surface area contributed by atoms with Gasteiger partial charge < -0.3 is 25.7 Å². The van der Waals surface area contributed by atoms with E-state index in [4.69, 9.17) is 4.74 Å². The number of piperidine rings is 1. The van der Waals surface area contributed by atoms with Crippen molar-refractivity contribution in [2.75, 3.05) is 30.3 Å². The molecule has 180 valence electrons. The number of alkyl halides is 3. The summed E-state index contributed by atoms with van der Waals surface area (Å²) >= 11 is 0. The number of aliphatic imine (C=N–C) groups is 1. The van der Waals surface area contributed by atoms with E-state index in [-0.39, 0.29) is 23.2 Å². The number of nitrogens with zero attached hydrogens (tertiary/aromatic N) is 3. The molecule has 0 aliphatic carbocycles. The number of H-pyrrole nitrogens is 1. The molecule has 0 spiro atoms. The van der Waals surface area contributed by atoms with Gasteiger partial charge in [0.2, 0.25) is 5.95 Å². The van der Waals surface area contributed by atoms with Crippen LogP contribution in [0.15, 0.2) is 35.6 Å². The van der Waals surface area contributed by atoms with Crippen molar-refractivity contribution in [3.63, 3.8) is 0 Å². The van der Waals surface area contributed by atoms with Crippen molar-refractivity contribution in [1.82, 2.24) is 20.3 Å². The van der Waals surface area contributed by atoms with Crippen LogP contribution in [-0.2, 0) is 10.9 Å². The van der Waals surface area contributed by atoms with E-state index in [0.717, 1.165) is 25.6 Å². The standard InChI is InChI=1S/C23H26F3N7O/c1-22(2)12-34-21(33-22)31-17-7-3-6-14-15(10-28-19(14)17)18-16(23(24,25)26)11-29-20(32-18)30-13-5-4-8-27-9-13/h3,6-7,10-11,13,27-28H,4-5,8-9,12H2,1-2H3,(H,31,33)(H,29,30,32)/t13-/m0/s1. The number of ether oxygens (including phenoxy) is 1. The average Bonchev–Trinajstić information content (AvgIpc) is 3.37. The van der Waals surface area contributed by atoms with Crippen LogP contribution < -0.4 is 16.0 Å². The van der Waals surface area contributed by atoms with Gasteiger partial charge in [0.1, 0.15) is 12.2 Å². The largest absolute Gasteiger partial charge is 0.462 e. The van der Waals surface area contributed by atoms with Crippen LogP contribution in [-0.4, -0.2) is 52.3 Å². The van der Waals surface area contributed by atoms with Crippen molar-refractivity contribution in [3.05, 3.63) is 36.2 Å². The Kier molecular flexibility index (Phi) is 5.59. The molecule has 1 atom stereocenters. The molecule has 0 radical (unpaired) electrons. The van der Waals surface area contributed by atoms with Gasteiger partial charge in [-0.3, -0.25) is 0 Å². The van der Waals surface area contributed by atoms with Gasteiger partial charge in [-0.15, -0.1) is 0 Å². The van der Waals surface area contributed by atoms with Crippen LogP contribution in [0.2, 0.25) is 0 Å². The molecule has 11 heteroatoms. The number of aromatic nitrogens is 3. The molecule has 4 N–H and O–H groups in total. The fourth-order valence-corrected chi connectivity index (χ4v) is 4.24. The lowest BCUT2D eigenvalue weighted by Gasteiger charge is -2.24. The molecule has 0 amide bonds. The van der Waals surface area contributed by atoms with E-state index < -0.39 is 11.7 Å². The first-order valence-corrected chi connectivity index (χ1v) is 11.2. The number of nitrogens with one attached hydrogen (secondary N) is 4. The number of aromatic amines is 1. The number of hydrogen-bond acceptors (Lipinski definition) is 7.